The van der Waals surface area contributed by atoms with Gasteiger partial charge in [-0.3, -0.25) is 0 Å². The van der Waals surface area contributed by atoms with Crippen molar-refractivity contribution in [1.29, 1.82) is 0 Å². The van der Waals surface area contributed by atoms with E-state index >= 15 is 0 Å². The average Bonchev–Trinajstić information content (AvgIpc) is 2.66. The fourth-order valence-corrected chi connectivity index (χ4v) is 2.61. The fraction of sp³-hybridized carbons (Fsp3) is 0.409. The molecule has 26 heavy (non-hydrogen) atoms. The van der Waals surface area contributed by atoms with E-state index in [0.29, 0.717) is 5.69 Å². The molecule has 0 N–H and O–H groups in total. The molecule has 0 saturated heterocycles. The summed E-state index contributed by atoms with van der Waals surface area (Å²) in [5, 5.41) is 0. The Morgan fingerprint density at radius 2 is 1.73 bits per heavy atom. The van der Waals surface area contributed by atoms with Gasteiger partial charge in [0, 0.05) is 6.20 Å². The van der Waals surface area contributed by atoms with Crippen molar-refractivity contribution < 1.29 is 13.5 Å². The molecule has 0 aliphatic rings. The molecule has 0 bridgehead atoms. The summed E-state index contributed by atoms with van der Waals surface area (Å²) >= 11 is 0. The third kappa shape index (κ3) is 5.84. The van der Waals surface area contributed by atoms with Crippen molar-refractivity contribution in [2.45, 2.75) is 52.4 Å². The van der Waals surface area contributed by atoms with Crippen LogP contribution < -0.4 is 4.74 Å². The highest BCUT2D eigenvalue weighted by atomic mass is 19.2. The summed E-state index contributed by atoms with van der Waals surface area (Å²) < 4.78 is 32.9. The number of aryl methyl sites for hydroxylation is 1. The zero-order valence-corrected chi connectivity index (χ0v) is 15.4. The molecule has 1 aromatic heterocycles. The number of ether oxygens (including phenoxy) is 1. The van der Waals surface area contributed by atoms with Crippen molar-refractivity contribution in [2.24, 2.45) is 0 Å². The summed E-state index contributed by atoms with van der Waals surface area (Å²) in [6.07, 6.45) is 9.00. The van der Waals surface area contributed by atoms with Crippen LogP contribution in [0.25, 0.3) is 0 Å². The molecular formula is C22H25F2NO. The number of benzene rings is 1. The summed E-state index contributed by atoms with van der Waals surface area (Å²) in [6, 6.07) is 6.62. The van der Waals surface area contributed by atoms with Crippen molar-refractivity contribution in [3.05, 3.63) is 58.9 Å². The predicted molar refractivity (Wildman–Crippen MR) is 100 cm³/mol. The van der Waals surface area contributed by atoms with E-state index in [1.165, 1.54) is 43.4 Å². The molecule has 0 unspecified atom stereocenters. The first kappa shape index (κ1) is 19.9. The first-order valence-electron chi connectivity index (χ1n) is 9.23. The van der Waals surface area contributed by atoms with Crippen molar-refractivity contribution >= 4 is 0 Å². The van der Waals surface area contributed by atoms with Gasteiger partial charge >= 0.3 is 0 Å². The number of rotatable bonds is 8. The van der Waals surface area contributed by atoms with E-state index in [1.54, 1.807) is 13.1 Å². The Morgan fingerprint density at radius 1 is 0.923 bits per heavy atom. The molecule has 138 valence electrons. The fourth-order valence-electron chi connectivity index (χ4n) is 2.61. The Kier molecular flexibility index (Phi) is 8.08. The number of aromatic nitrogens is 1. The number of unbranched alkanes of at least 4 members (excludes halogenated alkanes) is 4. The van der Waals surface area contributed by atoms with E-state index in [4.69, 9.17) is 4.74 Å². The zero-order valence-electron chi connectivity index (χ0n) is 15.4. The van der Waals surface area contributed by atoms with E-state index < -0.39 is 11.6 Å². The van der Waals surface area contributed by atoms with E-state index in [9.17, 15) is 8.78 Å². The van der Waals surface area contributed by atoms with Crippen LogP contribution in [0.4, 0.5) is 8.78 Å². The molecule has 0 aliphatic carbocycles. The summed E-state index contributed by atoms with van der Waals surface area (Å²) in [5.74, 6) is 3.32. The molecule has 0 radical (unpaired) electrons. The highest BCUT2D eigenvalue weighted by Crippen LogP contribution is 2.22. The molecule has 0 atom stereocenters. The Labute approximate surface area is 154 Å². The molecule has 2 rings (SSSR count). The van der Waals surface area contributed by atoms with Gasteiger partial charge in [0.25, 0.3) is 0 Å². The van der Waals surface area contributed by atoms with Gasteiger partial charge in [-0.1, -0.05) is 44.6 Å². The Hall–Kier alpha value is -2.41. The molecule has 0 spiro atoms. The number of halogens is 2. The van der Waals surface area contributed by atoms with Gasteiger partial charge in [-0.15, -0.1) is 0 Å². The SMILES string of the molecule is CCCCCCCc1ccc(C#Cc2ccc(OCC)c(F)c2F)nc1. The zero-order chi connectivity index (χ0) is 18.8. The van der Waals surface area contributed by atoms with Crippen molar-refractivity contribution in [2.75, 3.05) is 6.61 Å². The van der Waals surface area contributed by atoms with Crippen LogP contribution in [-0.2, 0) is 6.42 Å². The summed E-state index contributed by atoms with van der Waals surface area (Å²) in [7, 11) is 0. The second kappa shape index (κ2) is 10.6. The average molecular weight is 357 g/mol. The minimum Gasteiger partial charge on any atom is -0.491 e. The quantitative estimate of drug-likeness (QED) is 0.448. The lowest BCUT2D eigenvalue weighted by Crippen LogP contribution is -1.98. The maximum absolute atomic E-state index is 14.0. The summed E-state index contributed by atoms with van der Waals surface area (Å²) in [6.45, 7) is 4.19. The lowest BCUT2D eigenvalue weighted by Gasteiger charge is -2.05. The van der Waals surface area contributed by atoms with E-state index in [2.05, 4.69) is 23.7 Å². The lowest BCUT2D eigenvalue weighted by atomic mass is 10.1. The van der Waals surface area contributed by atoms with Crippen LogP contribution >= 0.6 is 0 Å². The maximum atomic E-state index is 14.0. The molecule has 0 fully saturated rings. The van der Waals surface area contributed by atoms with Crippen molar-refractivity contribution in [1.82, 2.24) is 4.98 Å². The molecule has 2 aromatic rings. The normalized spacial score (nSPS) is 10.3. The molecular weight excluding hydrogens is 332 g/mol. The molecule has 0 amide bonds. The Morgan fingerprint density at radius 3 is 2.42 bits per heavy atom. The van der Waals surface area contributed by atoms with Gasteiger partial charge in [-0.25, -0.2) is 9.37 Å². The van der Waals surface area contributed by atoms with Crippen LogP contribution in [0.2, 0.25) is 0 Å². The topological polar surface area (TPSA) is 22.1 Å². The number of hydrogen-bond donors (Lipinski definition) is 0. The maximum Gasteiger partial charge on any atom is 0.201 e. The van der Waals surface area contributed by atoms with Crippen LogP contribution in [-0.4, -0.2) is 11.6 Å². The Bertz CT molecular complexity index is 760. The van der Waals surface area contributed by atoms with Gasteiger partial charge < -0.3 is 4.74 Å². The molecule has 2 nitrogen and oxygen atoms in total. The van der Waals surface area contributed by atoms with E-state index in [1.807, 2.05) is 12.1 Å². The number of pyridine rings is 1. The van der Waals surface area contributed by atoms with Crippen LogP contribution in [0, 0.1) is 23.5 Å². The first-order valence-corrected chi connectivity index (χ1v) is 9.23. The van der Waals surface area contributed by atoms with Gasteiger partial charge in [0.05, 0.1) is 12.2 Å². The van der Waals surface area contributed by atoms with E-state index in [-0.39, 0.29) is 17.9 Å². The molecule has 0 aliphatic heterocycles. The second-order valence-electron chi connectivity index (χ2n) is 6.14. The van der Waals surface area contributed by atoms with Gasteiger partial charge in [0.1, 0.15) is 5.69 Å². The number of hydrogen-bond acceptors (Lipinski definition) is 2. The minimum atomic E-state index is -1.01. The smallest absolute Gasteiger partial charge is 0.201 e. The van der Waals surface area contributed by atoms with Gasteiger partial charge in [-0.2, -0.15) is 4.39 Å². The van der Waals surface area contributed by atoms with Gasteiger partial charge in [-0.05, 0) is 49.4 Å². The van der Waals surface area contributed by atoms with Crippen molar-refractivity contribution in [3.8, 4) is 17.6 Å². The van der Waals surface area contributed by atoms with Crippen molar-refractivity contribution in [3.63, 3.8) is 0 Å². The van der Waals surface area contributed by atoms with Crippen LogP contribution in [0.1, 0.15) is 62.8 Å². The highest BCUT2D eigenvalue weighted by Gasteiger charge is 2.12. The third-order valence-electron chi connectivity index (χ3n) is 4.07. The van der Waals surface area contributed by atoms with E-state index in [0.717, 1.165) is 12.8 Å². The largest absolute Gasteiger partial charge is 0.491 e. The highest BCUT2D eigenvalue weighted by molar-refractivity contribution is 5.44. The second-order valence-corrected chi connectivity index (χ2v) is 6.14. The predicted octanol–water partition coefficient (Wildman–Crippen LogP) is 5.67. The van der Waals surface area contributed by atoms with Gasteiger partial charge in [0.15, 0.2) is 11.6 Å². The molecule has 4 heteroatoms. The molecule has 1 aromatic carbocycles. The summed E-state index contributed by atoms with van der Waals surface area (Å²) in [4.78, 5) is 4.29. The van der Waals surface area contributed by atoms with Crippen LogP contribution in [0.3, 0.4) is 0 Å². The lowest BCUT2D eigenvalue weighted by molar-refractivity contribution is 0.314. The third-order valence-corrected chi connectivity index (χ3v) is 4.07. The monoisotopic (exact) mass is 357 g/mol. The standard InChI is InChI=1S/C22H25F2NO/c1-3-5-6-7-8-9-17-10-13-19(25-16-17)14-11-18-12-15-20(26-4-2)22(24)21(18)23/h10,12-13,15-16H,3-9H2,1-2H3. The molecule has 0 saturated carbocycles. The van der Waals surface area contributed by atoms with Gasteiger partial charge in [0.2, 0.25) is 5.82 Å². The minimum absolute atomic E-state index is 0.00671. The summed E-state index contributed by atoms with van der Waals surface area (Å²) in [5.41, 5.74) is 1.70. The Balaban J connectivity index is 1.98. The van der Waals surface area contributed by atoms with Crippen LogP contribution in [0.15, 0.2) is 30.5 Å². The van der Waals surface area contributed by atoms with Crippen LogP contribution in [0.5, 0.6) is 5.75 Å². The number of nitrogens with zero attached hydrogens (tertiary/aromatic N) is 1. The first-order chi connectivity index (χ1) is 12.7. The molecule has 1 heterocycles.